The van der Waals surface area contributed by atoms with Crippen molar-refractivity contribution in [1.29, 1.82) is 0 Å². The molecule has 0 saturated carbocycles. The number of carbonyl (C=O) groups is 5. The summed E-state index contributed by atoms with van der Waals surface area (Å²) in [4.78, 5) is 61.6. The van der Waals surface area contributed by atoms with Crippen LogP contribution in [0.25, 0.3) is 0 Å². The summed E-state index contributed by atoms with van der Waals surface area (Å²) >= 11 is 0. The van der Waals surface area contributed by atoms with Crippen molar-refractivity contribution >= 4 is 29.6 Å². The fraction of sp³-hybridized carbons (Fsp3) is 0.722. The first kappa shape index (κ1) is 24.3. The van der Waals surface area contributed by atoms with Crippen LogP contribution in [0.2, 0.25) is 0 Å². The van der Waals surface area contributed by atoms with Crippen LogP contribution >= 0.6 is 0 Å². The second-order valence-corrected chi connectivity index (χ2v) is 7.42. The topological polar surface area (TPSA) is 185 Å². The molecule has 1 aliphatic rings. The van der Waals surface area contributed by atoms with Crippen LogP contribution in [0, 0.1) is 5.92 Å². The van der Waals surface area contributed by atoms with Gasteiger partial charge in [0.05, 0.1) is 12.5 Å². The highest BCUT2D eigenvalue weighted by Gasteiger charge is 2.39. The molecule has 7 N–H and O–H groups in total. The molecule has 29 heavy (non-hydrogen) atoms. The Hall–Kier alpha value is -2.69. The third kappa shape index (κ3) is 6.70. The Balaban J connectivity index is 3.03. The number of primary amides is 1. The predicted molar refractivity (Wildman–Crippen MR) is 103 cm³/mol. The van der Waals surface area contributed by atoms with Crippen LogP contribution in [0.1, 0.15) is 46.5 Å². The van der Waals surface area contributed by atoms with Crippen LogP contribution in [-0.2, 0) is 24.0 Å². The minimum absolute atomic E-state index is 0.206. The number of hydrogen-bond acceptors (Lipinski definition) is 6. The molecule has 0 radical (unpaired) electrons. The number of likely N-dealkylation sites (tertiary alicyclic amines) is 1. The molecule has 0 spiro atoms. The maximum atomic E-state index is 12.9. The number of rotatable bonds is 10. The molecule has 1 aliphatic heterocycles. The van der Waals surface area contributed by atoms with Gasteiger partial charge in [0, 0.05) is 6.54 Å². The van der Waals surface area contributed by atoms with E-state index in [-0.39, 0.29) is 18.9 Å². The lowest BCUT2D eigenvalue weighted by atomic mass is 9.97. The lowest BCUT2D eigenvalue weighted by Crippen LogP contribution is -2.59. The standard InChI is InChI=1S/C18H31N5O6/c1-4-9(2)14(22-15(25)10(3)19)16(26)21-11(8-13(20)24)17(27)23-7-5-6-12(23)18(28)29/h9-12,14H,4-8,19H2,1-3H3,(H2,20,24)(H,21,26)(H,22,25)(H,28,29). The Morgan fingerprint density at radius 2 is 1.76 bits per heavy atom. The maximum absolute atomic E-state index is 12.9. The van der Waals surface area contributed by atoms with E-state index in [1.807, 2.05) is 6.92 Å². The number of hydrogen-bond donors (Lipinski definition) is 5. The first-order chi connectivity index (χ1) is 13.5. The van der Waals surface area contributed by atoms with Gasteiger partial charge in [0.2, 0.25) is 23.6 Å². The fourth-order valence-electron chi connectivity index (χ4n) is 3.14. The van der Waals surface area contributed by atoms with E-state index >= 15 is 0 Å². The highest BCUT2D eigenvalue weighted by atomic mass is 16.4. The SMILES string of the molecule is CCC(C)C(NC(=O)C(C)N)C(=O)NC(CC(N)=O)C(=O)N1CCCC1C(=O)O. The maximum Gasteiger partial charge on any atom is 0.326 e. The Morgan fingerprint density at radius 3 is 2.24 bits per heavy atom. The van der Waals surface area contributed by atoms with Gasteiger partial charge in [-0.25, -0.2) is 4.79 Å². The van der Waals surface area contributed by atoms with Gasteiger partial charge in [-0.1, -0.05) is 20.3 Å². The number of aliphatic carboxylic acids is 1. The lowest BCUT2D eigenvalue weighted by Gasteiger charge is -2.29. The van der Waals surface area contributed by atoms with Crippen LogP contribution in [0.15, 0.2) is 0 Å². The van der Waals surface area contributed by atoms with E-state index in [0.717, 1.165) is 4.90 Å². The smallest absolute Gasteiger partial charge is 0.326 e. The molecule has 0 aromatic heterocycles. The third-order valence-electron chi connectivity index (χ3n) is 5.05. The van der Waals surface area contributed by atoms with Crippen molar-refractivity contribution in [2.24, 2.45) is 17.4 Å². The molecule has 11 nitrogen and oxygen atoms in total. The Bertz CT molecular complexity index is 653. The average Bonchev–Trinajstić information content (AvgIpc) is 3.13. The first-order valence-electron chi connectivity index (χ1n) is 9.67. The number of amides is 4. The molecule has 0 aromatic rings. The summed E-state index contributed by atoms with van der Waals surface area (Å²) in [5.41, 5.74) is 10.8. The van der Waals surface area contributed by atoms with E-state index in [1.165, 1.54) is 6.92 Å². The van der Waals surface area contributed by atoms with Crippen LogP contribution < -0.4 is 22.1 Å². The summed E-state index contributed by atoms with van der Waals surface area (Å²) in [6.45, 7) is 5.26. The molecule has 0 bridgehead atoms. The Morgan fingerprint density at radius 1 is 1.14 bits per heavy atom. The van der Waals surface area contributed by atoms with Crippen molar-refractivity contribution in [1.82, 2.24) is 15.5 Å². The van der Waals surface area contributed by atoms with Gasteiger partial charge in [-0.2, -0.15) is 0 Å². The van der Waals surface area contributed by atoms with Crippen LogP contribution in [0.4, 0.5) is 0 Å². The molecule has 4 amide bonds. The van der Waals surface area contributed by atoms with Crippen molar-refractivity contribution in [3.8, 4) is 0 Å². The summed E-state index contributed by atoms with van der Waals surface area (Å²) < 4.78 is 0. The summed E-state index contributed by atoms with van der Waals surface area (Å²) in [6.07, 6.45) is 0.860. The molecule has 5 unspecified atom stereocenters. The molecule has 5 atom stereocenters. The number of carbonyl (C=O) groups excluding carboxylic acids is 4. The second kappa shape index (κ2) is 10.7. The summed E-state index contributed by atoms with van der Waals surface area (Å²) in [5, 5.41) is 14.3. The monoisotopic (exact) mass is 413 g/mol. The van der Waals surface area contributed by atoms with E-state index < -0.39 is 60.2 Å². The van der Waals surface area contributed by atoms with Crippen molar-refractivity contribution in [3.05, 3.63) is 0 Å². The number of nitrogens with one attached hydrogen (secondary N) is 2. The second-order valence-electron chi connectivity index (χ2n) is 7.42. The average molecular weight is 413 g/mol. The molecule has 0 aliphatic carbocycles. The molecule has 1 saturated heterocycles. The summed E-state index contributed by atoms with van der Waals surface area (Å²) in [5.74, 6) is -4.15. The number of carboxylic acids is 1. The van der Waals surface area contributed by atoms with Gasteiger partial charge in [-0.05, 0) is 25.7 Å². The zero-order valence-corrected chi connectivity index (χ0v) is 17.0. The largest absolute Gasteiger partial charge is 0.480 e. The van der Waals surface area contributed by atoms with Crippen molar-refractivity contribution in [2.45, 2.75) is 70.6 Å². The van der Waals surface area contributed by atoms with Crippen molar-refractivity contribution < 1.29 is 29.1 Å². The quantitative estimate of drug-likeness (QED) is 0.282. The minimum Gasteiger partial charge on any atom is -0.480 e. The van der Waals surface area contributed by atoms with Gasteiger partial charge in [-0.3, -0.25) is 19.2 Å². The van der Waals surface area contributed by atoms with E-state index in [1.54, 1.807) is 6.92 Å². The molecule has 164 valence electrons. The van der Waals surface area contributed by atoms with Crippen molar-refractivity contribution in [2.75, 3.05) is 6.54 Å². The normalized spacial score (nSPS) is 20.3. The number of nitrogens with two attached hydrogens (primary N) is 2. The molecule has 1 fully saturated rings. The van der Waals surface area contributed by atoms with Crippen LogP contribution in [-0.4, -0.2) is 70.3 Å². The van der Waals surface area contributed by atoms with E-state index in [2.05, 4.69) is 10.6 Å². The van der Waals surface area contributed by atoms with Crippen LogP contribution in [0.5, 0.6) is 0 Å². The van der Waals surface area contributed by atoms with Gasteiger partial charge in [0.15, 0.2) is 0 Å². The van der Waals surface area contributed by atoms with Gasteiger partial charge in [0.25, 0.3) is 0 Å². The number of carboxylic acid groups (broad SMARTS) is 1. The van der Waals surface area contributed by atoms with E-state index in [4.69, 9.17) is 11.5 Å². The first-order valence-corrected chi connectivity index (χ1v) is 9.67. The zero-order valence-electron chi connectivity index (χ0n) is 17.0. The van der Waals surface area contributed by atoms with E-state index in [0.29, 0.717) is 12.8 Å². The Kier molecular flexibility index (Phi) is 9.02. The number of nitrogens with zero attached hydrogens (tertiary/aromatic N) is 1. The van der Waals surface area contributed by atoms with Crippen LogP contribution in [0.3, 0.4) is 0 Å². The zero-order chi connectivity index (χ0) is 22.3. The molecule has 1 rings (SSSR count). The fourth-order valence-corrected chi connectivity index (χ4v) is 3.14. The van der Waals surface area contributed by atoms with Gasteiger partial charge < -0.3 is 32.1 Å². The highest BCUT2D eigenvalue weighted by molar-refractivity contribution is 5.96. The molecule has 0 aromatic carbocycles. The van der Waals surface area contributed by atoms with Gasteiger partial charge >= 0.3 is 5.97 Å². The van der Waals surface area contributed by atoms with Gasteiger partial charge in [0.1, 0.15) is 18.1 Å². The molecular weight excluding hydrogens is 382 g/mol. The predicted octanol–water partition coefficient (Wildman–Crippen LogP) is -1.70. The van der Waals surface area contributed by atoms with Gasteiger partial charge in [-0.15, -0.1) is 0 Å². The molecule has 1 heterocycles. The minimum atomic E-state index is -1.32. The molecular formula is C18H31N5O6. The van der Waals surface area contributed by atoms with E-state index in [9.17, 15) is 29.1 Å². The highest BCUT2D eigenvalue weighted by Crippen LogP contribution is 2.19. The summed E-state index contributed by atoms with van der Waals surface area (Å²) in [6, 6.07) is -4.15. The third-order valence-corrected chi connectivity index (χ3v) is 5.05. The Labute approximate surface area is 169 Å². The molecule has 11 heteroatoms. The van der Waals surface area contributed by atoms with Crippen molar-refractivity contribution in [3.63, 3.8) is 0 Å². The lowest BCUT2D eigenvalue weighted by molar-refractivity contribution is -0.149. The summed E-state index contributed by atoms with van der Waals surface area (Å²) in [7, 11) is 0.